The molecule has 0 aliphatic carbocycles. The van der Waals surface area contributed by atoms with E-state index in [1.165, 1.54) is 25.8 Å². The quantitative estimate of drug-likeness (QED) is 0.400. The van der Waals surface area contributed by atoms with E-state index >= 15 is 0 Å². The molecule has 28 heavy (non-hydrogen) atoms. The smallest absolute Gasteiger partial charge is 0.311 e. The van der Waals surface area contributed by atoms with E-state index in [1.54, 1.807) is 4.90 Å². The molecule has 162 valence electrons. The zero-order valence-corrected chi connectivity index (χ0v) is 17.9. The van der Waals surface area contributed by atoms with Crippen molar-refractivity contribution in [2.45, 2.75) is 38.1 Å². The Bertz CT molecular complexity index is 481. The maximum absolute atomic E-state index is 12.4. The Morgan fingerprint density at radius 3 is 2.46 bits per heavy atom. The highest BCUT2D eigenvalue weighted by Crippen LogP contribution is 2.16. The molecule has 0 aromatic carbocycles. The summed E-state index contributed by atoms with van der Waals surface area (Å²) in [6.45, 7) is 8.34. The molecule has 8 nitrogen and oxygen atoms in total. The fraction of sp³-hybridized carbons (Fsp3) is 0.900. The first kappa shape index (κ1) is 23.1. The van der Waals surface area contributed by atoms with Gasteiger partial charge < -0.3 is 25.8 Å². The van der Waals surface area contributed by atoms with Gasteiger partial charge >= 0.3 is 11.8 Å². The Morgan fingerprint density at radius 1 is 1.07 bits per heavy atom. The molecule has 0 bridgehead atoms. The zero-order valence-electron chi connectivity index (χ0n) is 17.9. The summed E-state index contributed by atoms with van der Waals surface area (Å²) in [5, 5.41) is 2.77. The highest BCUT2D eigenvalue weighted by atomic mass is 16.2. The molecule has 2 amide bonds. The van der Waals surface area contributed by atoms with Crippen LogP contribution in [0.5, 0.6) is 0 Å². The van der Waals surface area contributed by atoms with Crippen LogP contribution in [0.1, 0.15) is 32.1 Å². The van der Waals surface area contributed by atoms with Gasteiger partial charge in [0.05, 0.1) is 0 Å². The molecule has 2 rings (SSSR count). The lowest BCUT2D eigenvalue weighted by molar-refractivity contribution is -0.147. The lowest BCUT2D eigenvalue weighted by Crippen LogP contribution is -2.55. The van der Waals surface area contributed by atoms with Crippen molar-refractivity contribution in [2.24, 2.45) is 5.73 Å². The summed E-state index contributed by atoms with van der Waals surface area (Å²) in [7, 11) is 4.26. The van der Waals surface area contributed by atoms with Crippen molar-refractivity contribution in [2.75, 3.05) is 79.5 Å². The zero-order chi connectivity index (χ0) is 20.4. The topological polar surface area (TPSA) is 85.1 Å². The number of hydrogen-bond donors (Lipinski definition) is 2. The van der Waals surface area contributed by atoms with Gasteiger partial charge in [0.15, 0.2) is 0 Å². The number of carbonyl (C=O) groups excluding carboxylic acids is 2. The predicted octanol–water partition coefficient (Wildman–Crippen LogP) is -0.598. The van der Waals surface area contributed by atoms with E-state index in [4.69, 9.17) is 5.73 Å². The van der Waals surface area contributed by atoms with E-state index < -0.39 is 5.91 Å². The number of nitrogens with one attached hydrogen (secondary N) is 1. The van der Waals surface area contributed by atoms with E-state index in [0.29, 0.717) is 32.2 Å². The highest BCUT2D eigenvalue weighted by Gasteiger charge is 2.28. The van der Waals surface area contributed by atoms with Gasteiger partial charge in [-0.15, -0.1) is 0 Å². The van der Waals surface area contributed by atoms with E-state index in [1.807, 2.05) is 7.05 Å². The van der Waals surface area contributed by atoms with Crippen molar-refractivity contribution in [3.05, 3.63) is 0 Å². The van der Waals surface area contributed by atoms with Crippen LogP contribution in [0.15, 0.2) is 0 Å². The van der Waals surface area contributed by atoms with Crippen LogP contribution in [0.25, 0.3) is 0 Å². The lowest BCUT2D eigenvalue weighted by Gasteiger charge is -2.40. The van der Waals surface area contributed by atoms with Crippen molar-refractivity contribution >= 4 is 11.8 Å². The van der Waals surface area contributed by atoms with Gasteiger partial charge in [-0.2, -0.15) is 0 Å². The van der Waals surface area contributed by atoms with Crippen LogP contribution in [0.4, 0.5) is 0 Å². The SMILES string of the molecule is CN(CCCN)CCCNC(=O)C(=O)N1CCN(CC2CCCCN2C)CC1. The van der Waals surface area contributed by atoms with Crippen LogP contribution >= 0.6 is 0 Å². The molecule has 0 aromatic rings. The Morgan fingerprint density at radius 2 is 1.79 bits per heavy atom. The van der Waals surface area contributed by atoms with Gasteiger partial charge in [0.1, 0.15) is 0 Å². The number of likely N-dealkylation sites (N-methyl/N-ethyl adjacent to an activating group) is 1. The average Bonchev–Trinajstić information content (AvgIpc) is 2.71. The van der Waals surface area contributed by atoms with Gasteiger partial charge in [0.25, 0.3) is 0 Å². The fourth-order valence-corrected chi connectivity index (χ4v) is 4.05. The molecule has 0 radical (unpaired) electrons. The largest absolute Gasteiger partial charge is 0.348 e. The van der Waals surface area contributed by atoms with E-state index in [2.05, 4.69) is 27.1 Å². The molecule has 0 aromatic heterocycles. The second kappa shape index (κ2) is 12.4. The third-order valence-corrected chi connectivity index (χ3v) is 5.99. The van der Waals surface area contributed by atoms with Crippen LogP contribution in [-0.2, 0) is 9.59 Å². The maximum Gasteiger partial charge on any atom is 0.311 e. The van der Waals surface area contributed by atoms with Crippen LogP contribution in [-0.4, -0.2) is 117 Å². The van der Waals surface area contributed by atoms with Gasteiger partial charge in [0.2, 0.25) is 0 Å². The van der Waals surface area contributed by atoms with E-state index in [-0.39, 0.29) is 5.91 Å². The predicted molar refractivity (Wildman–Crippen MR) is 112 cm³/mol. The number of hydrogen-bond acceptors (Lipinski definition) is 6. The molecule has 1 atom stereocenters. The number of nitrogens with zero attached hydrogens (tertiary/aromatic N) is 4. The number of carbonyl (C=O) groups is 2. The number of rotatable bonds is 9. The summed E-state index contributed by atoms with van der Waals surface area (Å²) >= 11 is 0. The summed E-state index contributed by atoms with van der Waals surface area (Å²) in [6.07, 6.45) is 5.69. The molecule has 2 heterocycles. The molecule has 2 aliphatic rings. The molecule has 0 spiro atoms. The molecular formula is C20H40N6O2. The molecule has 2 aliphatic heterocycles. The Hall–Kier alpha value is -1.22. The molecule has 3 N–H and O–H groups in total. The second-order valence-corrected chi connectivity index (χ2v) is 8.28. The van der Waals surface area contributed by atoms with Crippen molar-refractivity contribution in [3.8, 4) is 0 Å². The van der Waals surface area contributed by atoms with Gasteiger partial charge in [-0.1, -0.05) is 6.42 Å². The third kappa shape index (κ3) is 7.66. The van der Waals surface area contributed by atoms with Crippen LogP contribution in [0, 0.1) is 0 Å². The Kier molecular flexibility index (Phi) is 10.2. The van der Waals surface area contributed by atoms with Crippen molar-refractivity contribution in [1.29, 1.82) is 0 Å². The fourth-order valence-electron chi connectivity index (χ4n) is 4.05. The van der Waals surface area contributed by atoms with E-state index in [0.717, 1.165) is 45.6 Å². The summed E-state index contributed by atoms with van der Waals surface area (Å²) in [6, 6.07) is 0.627. The lowest BCUT2D eigenvalue weighted by atomic mass is 10.0. The number of likely N-dealkylation sites (tertiary alicyclic amines) is 1. The number of nitrogens with two attached hydrogens (primary N) is 1. The first-order valence-corrected chi connectivity index (χ1v) is 10.9. The molecule has 0 saturated carbocycles. The minimum absolute atomic E-state index is 0.383. The maximum atomic E-state index is 12.4. The summed E-state index contributed by atoms with van der Waals surface area (Å²) in [4.78, 5) is 33.3. The van der Waals surface area contributed by atoms with Crippen LogP contribution in [0.3, 0.4) is 0 Å². The van der Waals surface area contributed by atoms with Gasteiger partial charge in [-0.05, 0) is 66.0 Å². The van der Waals surface area contributed by atoms with Crippen molar-refractivity contribution < 1.29 is 9.59 Å². The van der Waals surface area contributed by atoms with Gasteiger partial charge in [0, 0.05) is 45.3 Å². The minimum atomic E-state index is -0.468. The van der Waals surface area contributed by atoms with Crippen molar-refractivity contribution in [1.82, 2.24) is 24.9 Å². The van der Waals surface area contributed by atoms with Gasteiger partial charge in [-0.25, -0.2) is 0 Å². The molecular weight excluding hydrogens is 356 g/mol. The van der Waals surface area contributed by atoms with Crippen molar-refractivity contribution in [3.63, 3.8) is 0 Å². The second-order valence-electron chi connectivity index (χ2n) is 8.28. The first-order valence-electron chi connectivity index (χ1n) is 10.9. The molecule has 2 fully saturated rings. The number of amides is 2. The van der Waals surface area contributed by atoms with Gasteiger partial charge in [-0.3, -0.25) is 14.5 Å². The van der Waals surface area contributed by atoms with E-state index in [9.17, 15) is 9.59 Å². The minimum Gasteiger partial charge on any atom is -0.348 e. The first-order chi connectivity index (χ1) is 13.5. The summed E-state index contributed by atoms with van der Waals surface area (Å²) in [5.41, 5.74) is 5.51. The molecule has 8 heteroatoms. The Balaban J connectivity index is 1.60. The van der Waals surface area contributed by atoms with Crippen LogP contribution in [0.2, 0.25) is 0 Å². The summed E-state index contributed by atoms with van der Waals surface area (Å²) in [5.74, 6) is -0.851. The number of piperidine rings is 1. The highest BCUT2D eigenvalue weighted by molar-refractivity contribution is 6.35. The summed E-state index contributed by atoms with van der Waals surface area (Å²) < 4.78 is 0. The standard InChI is InChI=1S/C20H40N6O2/c1-23(10-5-8-21)11-6-9-22-19(27)20(28)26-15-13-25(14-16-26)17-18-7-3-4-12-24(18)2/h18H,3-17,21H2,1-2H3,(H,22,27). The van der Waals surface area contributed by atoms with Crippen LogP contribution < -0.4 is 11.1 Å². The molecule has 2 saturated heterocycles. The third-order valence-electron chi connectivity index (χ3n) is 5.99. The average molecular weight is 397 g/mol. The molecule has 1 unspecified atom stereocenters. The normalized spacial score (nSPS) is 21.9. The Labute approximate surface area is 170 Å². The number of piperazine rings is 1. The monoisotopic (exact) mass is 396 g/mol.